The molecule has 0 amide bonds. The number of nitrogens with zero attached hydrogens (tertiary/aromatic N) is 1. The summed E-state index contributed by atoms with van der Waals surface area (Å²) >= 11 is 0. The number of benzene rings is 8. The van der Waals surface area contributed by atoms with Gasteiger partial charge in [0.15, 0.2) is 7.28 Å². The zero-order valence-corrected chi connectivity index (χ0v) is 39.3. The number of nitrogens with one attached hydrogen (secondary N) is 1. The zero-order valence-electron chi connectivity index (χ0n) is 39.3. The summed E-state index contributed by atoms with van der Waals surface area (Å²) in [7, 11) is 2.50. The van der Waals surface area contributed by atoms with E-state index in [2.05, 4.69) is 222 Å². The Labute approximate surface area is 396 Å². The van der Waals surface area contributed by atoms with Crippen molar-refractivity contribution >= 4 is 68.6 Å². The fraction of sp³-hybridized carbons (Fsp3) is 0.238. The van der Waals surface area contributed by atoms with Crippen LogP contribution >= 0.6 is 0 Å². The van der Waals surface area contributed by atoms with Gasteiger partial charge in [-0.25, -0.2) is 0 Å². The summed E-state index contributed by atoms with van der Waals surface area (Å²) < 4.78 is 6.68. The van der Waals surface area contributed by atoms with Crippen molar-refractivity contribution in [2.45, 2.75) is 88.9 Å². The van der Waals surface area contributed by atoms with E-state index in [1.165, 1.54) is 110 Å². The molecule has 3 heterocycles. The van der Waals surface area contributed by atoms with Crippen LogP contribution in [0.5, 0.6) is 0 Å². The third-order valence-corrected chi connectivity index (χ3v) is 16.3. The molecular formula is C63H56BN2O. The van der Waals surface area contributed by atoms with Crippen molar-refractivity contribution in [3.05, 3.63) is 209 Å². The Morgan fingerprint density at radius 1 is 0.612 bits per heavy atom. The Bertz CT molecular complexity index is 3400. The van der Waals surface area contributed by atoms with Crippen molar-refractivity contribution in [3.63, 3.8) is 0 Å². The molecule has 67 heavy (non-hydrogen) atoms. The lowest BCUT2D eigenvalue weighted by Crippen LogP contribution is -2.47. The van der Waals surface area contributed by atoms with Crippen LogP contribution in [0.25, 0.3) is 33.1 Å². The molecule has 4 aliphatic rings. The highest BCUT2D eigenvalue weighted by Crippen LogP contribution is 2.59. The van der Waals surface area contributed by atoms with E-state index in [-0.39, 0.29) is 10.8 Å². The first kappa shape index (κ1) is 40.5. The normalized spacial score (nSPS) is 18.9. The van der Waals surface area contributed by atoms with Crippen LogP contribution in [0.4, 0.5) is 28.4 Å². The molecule has 1 fully saturated rings. The maximum Gasteiger partial charge on any atom is 0.197 e. The highest BCUT2D eigenvalue weighted by Gasteiger charge is 2.49. The number of hydrogen-bond acceptors (Lipinski definition) is 3. The molecule has 2 atom stereocenters. The first-order chi connectivity index (χ1) is 32.7. The monoisotopic (exact) mass is 867 g/mol. The van der Waals surface area contributed by atoms with Gasteiger partial charge in [-0.15, -0.1) is 0 Å². The highest BCUT2D eigenvalue weighted by molar-refractivity contribution is 6.73. The maximum absolute atomic E-state index is 6.68. The van der Waals surface area contributed by atoms with Gasteiger partial charge in [0.2, 0.25) is 0 Å². The predicted molar refractivity (Wildman–Crippen MR) is 281 cm³/mol. The van der Waals surface area contributed by atoms with Gasteiger partial charge < -0.3 is 14.6 Å². The molecule has 0 spiro atoms. The molecule has 2 aliphatic carbocycles. The zero-order chi connectivity index (χ0) is 45.2. The number of furan rings is 1. The molecule has 4 heteroatoms. The summed E-state index contributed by atoms with van der Waals surface area (Å²) in [6.07, 6.45) is 6.05. The summed E-state index contributed by atoms with van der Waals surface area (Å²) in [5.74, 6) is 1.22. The van der Waals surface area contributed by atoms with E-state index < -0.39 is 5.41 Å². The standard InChI is InChI=1S/C63H56BN2O/c1-6-18-39-35-46(39)40-36-47(44-30-32-56-57(45-23-13-16-28-55(45)67-56)59(44)65-43-29-31-48-51(38-43)62(4,5)34-33-61(48,2)3)58-54(37-40)66-53-27-15-14-24-49(53)63(41-19-9-7-10-20-41,42-21-11-8-12-22-42)50-25-17-26-52(64-58)60(50)66/h7-17,19-32,36-39,46,65H,6,18,33-35H2,1-5H3. The molecule has 327 valence electrons. The Hall–Kier alpha value is -6.78. The van der Waals surface area contributed by atoms with Gasteiger partial charge in [-0.3, -0.25) is 0 Å². The second kappa shape index (κ2) is 14.9. The molecule has 3 nitrogen and oxygen atoms in total. The van der Waals surface area contributed by atoms with E-state index >= 15 is 0 Å². The molecule has 2 aliphatic heterocycles. The SMILES string of the molecule is CCCC1CC1c1cc(-c2ccc3oc4ccccc4c3c2Nc2ccc3c(c2)C(C)(C)CCC3(C)C)c2c(c1)N1c3ccccc3C(c3ccccc3)(c3ccccc3)c3cccc(c31)[B]2. The Balaban J connectivity index is 1.08. The maximum atomic E-state index is 6.68. The largest absolute Gasteiger partial charge is 0.456 e. The van der Waals surface area contributed by atoms with E-state index in [0.29, 0.717) is 11.8 Å². The van der Waals surface area contributed by atoms with E-state index in [0.717, 1.165) is 33.3 Å². The van der Waals surface area contributed by atoms with Crippen molar-refractivity contribution in [3.8, 4) is 11.1 Å². The average Bonchev–Trinajstić information content (AvgIpc) is 4.02. The van der Waals surface area contributed by atoms with E-state index in [9.17, 15) is 0 Å². The summed E-state index contributed by atoms with van der Waals surface area (Å²) in [6.45, 7) is 12.0. The van der Waals surface area contributed by atoms with Crippen molar-refractivity contribution in [1.82, 2.24) is 0 Å². The Morgan fingerprint density at radius 2 is 1.31 bits per heavy atom. The van der Waals surface area contributed by atoms with E-state index in [4.69, 9.17) is 4.42 Å². The van der Waals surface area contributed by atoms with Crippen molar-refractivity contribution < 1.29 is 4.42 Å². The third-order valence-electron chi connectivity index (χ3n) is 16.3. The van der Waals surface area contributed by atoms with Gasteiger partial charge in [0.05, 0.1) is 22.2 Å². The molecule has 1 aromatic heterocycles. The lowest BCUT2D eigenvalue weighted by molar-refractivity contribution is 0.332. The van der Waals surface area contributed by atoms with Crippen LogP contribution in [0.1, 0.15) is 112 Å². The molecule has 9 aromatic rings. The van der Waals surface area contributed by atoms with Crippen molar-refractivity contribution in [2.75, 3.05) is 10.2 Å². The molecule has 0 saturated heterocycles. The second-order valence-electron chi connectivity index (χ2n) is 21.2. The Morgan fingerprint density at radius 3 is 2.09 bits per heavy atom. The molecule has 1 saturated carbocycles. The highest BCUT2D eigenvalue weighted by atomic mass is 16.3. The minimum atomic E-state index is -0.529. The van der Waals surface area contributed by atoms with E-state index in [1.54, 1.807) is 0 Å². The summed E-state index contributed by atoms with van der Waals surface area (Å²) in [5.41, 5.74) is 21.8. The summed E-state index contributed by atoms with van der Waals surface area (Å²) in [6, 6.07) is 64.0. The Kier molecular flexibility index (Phi) is 8.98. The number of fused-ring (bicyclic) bond motifs is 8. The molecular weight excluding hydrogens is 812 g/mol. The van der Waals surface area contributed by atoms with Crippen LogP contribution < -0.4 is 21.1 Å². The van der Waals surface area contributed by atoms with Crippen LogP contribution in [-0.4, -0.2) is 7.28 Å². The van der Waals surface area contributed by atoms with Crippen LogP contribution in [0.15, 0.2) is 174 Å². The quantitative estimate of drug-likeness (QED) is 0.154. The minimum absolute atomic E-state index is 0.0803. The van der Waals surface area contributed by atoms with Gasteiger partial charge in [0.25, 0.3) is 0 Å². The summed E-state index contributed by atoms with van der Waals surface area (Å²) in [5, 5.41) is 6.39. The fourth-order valence-electron chi connectivity index (χ4n) is 12.8. The number of para-hydroxylation sites is 3. The first-order valence-corrected chi connectivity index (χ1v) is 24.7. The molecule has 1 N–H and O–H groups in total. The van der Waals surface area contributed by atoms with Crippen LogP contribution in [0, 0.1) is 5.92 Å². The lowest BCUT2D eigenvalue weighted by atomic mass is 9.54. The third kappa shape index (κ3) is 6.04. The van der Waals surface area contributed by atoms with Gasteiger partial charge >= 0.3 is 0 Å². The van der Waals surface area contributed by atoms with Crippen molar-refractivity contribution in [1.29, 1.82) is 0 Å². The predicted octanol–water partition coefficient (Wildman–Crippen LogP) is 15.4. The van der Waals surface area contributed by atoms with Gasteiger partial charge in [0, 0.05) is 28.0 Å². The number of anilines is 5. The average molecular weight is 868 g/mol. The first-order valence-electron chi connectivity index (χ1n) is 24.7. The van der Waals surface area contributed by atoms with Gasteiger partial charge in [0.1, 0.15) is 11.2 Å². The van der Waals surface area contributed by atoms with E-state index in [1.807, 2.05) is 0 Å². The van der Waals surface area contributed by atoms with Gasteiger partial charge in [-0.2, -0.15) is 0 Å². The molecule has 8 aromatic carbocycles. The molecule has 13 rings (SSSR count). The topological polar surface area (TPSA) is 28.4 Å². The number of rotatable bonds is 8. The lowest BCUT2D eigenvalue weighted by Gasteiger charge is -2.49. The number of hydrogen-bond donors (Lipinski definition) is 1. The van der Waals surface area contributed by atoms with Gasteiger partial charge in [-0.05, 0) is 134 Å². The fourth-order valence-corrected chi connectivity index (χ4v) is 12.8. The van der Waals surface area contributed by atoms with Gasteiger partial charge in [-0.1, -0.05) is 180 Å². The van der Waals surface area contributed by atoms with Crippen LogP contribution in [0.3, 0.4) is 0 Å². The second-order valence-corrected chi connectivity index (χ2v) is 21.2. The molecule has 1 radical (unpaired) electrons. The van der Waals surface area contributed by atoms with Crippen molar-refractivity contribution in [2.24, 2.45) is 5.92 Å². The smallest absolute Gasteiger partial charge is 0.197 e. The molecule has 0 bridgehead atoms. The van der Waals surface area contributed by atoms with Crippen LogP contribution in [0.2, 0.25) is 0 Å². The molecule has 2 unspecified atom stereocenters. The van der Waals surface area contributed by atoms with Crippen LogP contribution in [-0.2, 0) is 16.2 Å². The minimum Gasteiger partial charge on any atom is -0.456 e. The summed E-state index contributed by atoms with van der Waals surface area (Å²) in [4.78, 5) is 2.63.